The molecule has 1 aromatic rings. The summed E-state index contributed by atoms with van der Waals surface area (Å²) in [6, 6.07) is 0.374. The summed E-state index contributed by atoms with van der Waals surface area (Å²) in [6.07, 6.45) is 11.0. The van der Waals surface area contributed by atoms with Crippen LogP contribution in [0.4, 0.5) is 0 Å². The largest absolute Gasteiger partial charge is 0.352 e. The maximum atomic E-state index is 12.2. The average molecular weight is 281 g/mol. The third-order valence-electron chi connectivity index (χ3n) is 3.63. The van der Waals surface area contributed by atoms with E-state index in [0.29, 0.717) is 6.04 Å². The highest BCUT2D eigenvalue weighted by molar-refractivity contribution is 8.00. The van der Waals surface area contributed by atoms with Gasteiger partial charge in [-0.2, -0.15) is 0 Å². The molecule has 4 nitrogen and oxygen atoms in total. The summed E-state index contributed by atoms with van der Waals surface area (Å²) >= 11 is 1.52. The Balaban J connectivity index is 1.83. The quantitative estimate of drug-likeness (QED) is 0.682. The number of hydrogen-bond acceptors (Lipinski definition) is 3. The van der Waals surface area contributed by atoms with E-state index in [-0.39, 0.29) is 11.2 Å². The molecular weight excluding hydrogens is 258 g/mol. The number of amides is 1. The van der Waals surface area contributed by atoms with E-state index in [1.54, 1.807) is 6.20 Å². The first kappa shape index (κ1) is 14.4. The average Bonchev–Trinajstić information content (AvgIpc) is 2.65. The number of carbonyl (C=O) groups excluding carboxylic acids is 1. The highest BCUT2D eigenvalue weighted by Gasteiger charge is 2.20. The number of imidazole rings is 1. The number of carbonyl (C=O) groups is 1. The molecule has 0 aromatic carbocycles. The van der Waals surface area contributed by atoms with Gasteiger partial charge in [0.25, 0.3) is 0 Å². The fourth-order valence-corrected chi connectivity index (χ4v) is 3.26. The van der Waals surface area contributed by atoms with Crippen LogP contribution in [0.15, 0.2) is 17.6 Å². The topological polar surface area (TPSA) is 46.9 Å². The maximum Gasteiger partial charge on any atom is 0.233 e. The highest BCUT2D eigenvalue weighted by Crippen LogP contribution is 2.22. The Kier molecular flexibility index (Phi) is 5.31. The second kappa shape index (κ2) is 6.98. The molecule has 1 heterocycles. The molecule has 1 atom stereocenters. The van der Waals surface area contributed by atoms with Gasteiger partial charge >= 0.3 is 0 Å². The maximum absolute atomic E-state index is 12.2. The molecule has 0 unspecified atom stereocenters. The highest BCUT2D eigenvalue weighted by atomic mass is 32.2. The lowest BCUT2D eigenvalue weighted by atomic mass is 10.1. The van der Waals surface area contributed by atoms with E-state index in [1.807, 2.05) is 24.7 Å². The van der Waals surface area contributed by atoms with Crippen molar-refractivity contribution in [1.29, 1.82) is 0 Å². The van der Waals surface area contributed by atoms with Crippen LogP contribution in [-0.4, -0.2) is 26.8 Å². The molecule has 19 heavy (non-hydrogen) atoms. The van der Waals surface area contributed by atoms with Gasteiger partial charge in [0.15, 0.2) is 5.16 Å². The third-order valence-corrected chi connectivity index (χ3v) is 4.80. The van der Waals surface area contributed by atoms with Gasteiger partial charge in [-0.05, 0) is 19.8 Å². The number of aromatic nitrogens is 2. The fraction of sp³-hybridized carbons (Fsp3) is 0.714. The minimum atomic E-state index is -0.0932. The van der Waals surface area contributed by atoms with E-state index >= 15 is 0 Å². The lowest BCUT2D eigenvalue weighted by Gasteiger charge is -2.19. The van der Waals surface area contributed by atoms with E-state index in [0.717, 1.165) is 18.0 Å². The Labute approximate surface area is 119 Å². The Hall–Kier alpha value is -0.970. The molecule has 1 aliphatic rings. The van der Waals surface area contributed by atoms with E-state index in [1.165, 1.54) is 37.4 Å². The van der Waals surface area contributed by atoms with Crippen LogP contribution in [0.2, 0.25) is 0 Å². The zero-order valence-electron chi connectivity index (χ0n) is 11.8. The molecule has 106 valence electrons. The standard InChI is InChI=1S/C14H23N3OS/c1-11(19-14-15-9-10-17(14)2)13(18)16-12-7-5-3-4-6-8-12/h9-12H,3-8H2,1-2H3,(H,16,18)/t11-/m1/s1. The third kappa shape index (κ3) is 4.27. The van der Waals surface area contributed by atoms with Crippen molar-refractivity contribution in [3.8, 4) is 0 Å². The van der Waals surface area contributed by atoms with Gasteiger partial charge < -0.3 is 9.88 Å². The number of rotatable bonds is 4. The first-order valence-corrected chi connectivity index (χ1v) is 7.99. The molecule has 0 radical (unpaired) electrons. The van der Waals surface area contributed by atoms with Gasteiger partial charge in [0.2, 0.25) is 5.91 Å². The van der Waals surface area contributed by atoms with Gasteiger partial charge in [0, 0.05) is 25.5 Å². The van der Waals surface area contributed by atoms with Crippen LogP contribution in [0.25, 0.3) is 0 Å². The number of nitrogens with zero attached hydrogens (tertiary/aromatic N) is 2. The van der Waals surface area contributed by atoms with E-state index in [4.69, 9.17) is 0 Å². The van der Waals surface area contributed by atoms with Crippen LogP contribution in [0, 0.1) is 0 Å². The van der Waals surface area contributed by atoms with Crippen LogP contribution >= 0.6 is 11.8 Å². The molecule has 0 aliphatic heterocycles. The van der Waals surface area contributed by atoms with Crippen LogP contribution < -0.4 is 5.32 Å². The molecular formula is C14H23N3OS. The summed E-state index contributed by atoms with van der Waals surface area (Å²) in [4.78, 5) is 16.4. The molecule has 1 fully saturated rings. The van der Waals surface area contributed by atoms with Crippen molar-refractivity contribution in [2.24, 2.45) is 7.05 Å². The molecule has 1 aromatic heterocycles. The molecule has 5 heteroatoms. The first-order valence-electron chi connectivity index (χ1n) is 7.11. The first-order chi connectivity index (χ1) is 9.16. The minimum Gasteiger partial charge on any atom is -0.352 e. The van der Waals surface area contributed by atoms with Crippen molar-refractivity contribution in [1.82, 2.24) is 14.9 Å². The van der Waals surface area contributed by atoms with Crippen LogP contribution in [-0.2, 0) is 11.8 Å². The van der Waals surface area contributed by atoms with Gasteiger partial charge in [-0.25, -0.2) is 4.98 Å². The van der Waals surface area contributed by atoms with Gasteiger partial charge in [0.1, 0.15) is 0 Å². The number of hydrogen-bond donors (Lipinski definition) is 1. The number of aryl methyl sites for hydroxylation is 1. The Morgan fingerprint density at radius 3 is 2.68 bits per heavy atom. The van der Waals surface area contributed by atoms with Crippen LogP contribution in [0.5, 0.6) is 0 Å². The second-order valence-electron chi connectivity index (χ2n) is 5.28. The molecule has 0 bridgehead atoms. The number of thioether (sulfide) groups is 1. The summed E-state index contributed by atoms with van der Waals surface area (Å²) in [7, 11) is 1.95. The molecule has 2 rings (SSSR count). The summed E-state index contributed by atoms with van der Waals surface area (Å²) < 4.78 is 1.94. The number of nitrogens with one attached hydrogen (secondary N) is 1. The van der Waals surface area contributed by atoms with Crippen molar-refractivity contribution in [3.63, 3.8) is 0 Å². The zero-order valence-corrected chi connectivity index (χ0v) is 12.6. The molecule has 0 saturated heterocycles. The van der Waals surface area contributed by atoms with Gasteiger partial charge in [-0.1, -0.05) is 37.4 Å². The van der Waals surface area contributed by atoms with Crippen molar-refractivity contribution >= 4 is 17.7 Å². The van der Waals surface area contributed by atoms with Crippen molar-refractivity contribution in [3.05, 3.63) is 12.4 Å². The van der Waals surface area contributed by atoms with E-state index in [9.17, 15) is 4.79 Å². The fourth-order valence-electron chi connectivity index (χ4n) is 2.42. The van der Waals surface area contributed by atoms with E-state index in [2.05, 4.69) is 10.3 Å². The van der Waals surface area contributed by atoms with Gasteiger partial charge in [0.05, 0.1) is 5.25 Å². The van der Waals surface area contributed by atoms with Crippen LogP contribution in [0.3, 0.4) is 0 Å². The predicted octanol–water partition coefficient (Wildman–Crippen LogP) is 2.74. The molecule has 1 N–H and O–H groups in total. The summed E-state index contributed by atoms with van der Waals surface area (Å²) in [5.41, 5.74) is 0. The minimum absolute atomic E-state index is 0.0932. The lowest BCUT2D eigenvalue weighted by molar-refractivity contribution is -0.121. The Morgan fingerprint density at radius 1 is 1.42 bits per heavy atom. The Bertz CT molecular complexity index is 411. The second-order valence-corrected chi connectivity index (χ2v) is 6.59. The van der Waals surface area contributed by atoms with Gasteiger partial charge in [-0.15, -0.1) is 0 Å². The van der Waals surface area contributed by atoms with E-state index < -0.39 is 0 Å². The summed E-state index contributed by atoms with van der Waals surface area (Å²) in [5.74, 6) is 0.139. The zero-order chi connectivity index (χ0) is 13.7. The SMILES string of the molecule is C[C@@H](Sc1nccn1C)C(=O)NC1CCCCCC1. The smallest absolute Gasteiger partial charge is 0.233 e. The lowest BCUT2D eigenvalue weighted by Crippen LogP contribution is -2.39. The monoisotopic (exact) mass is 281 g/mol. The Morgan fingerprint density at radius 2 is 2.11 bits per heavy atom. The van der Waals surface area contributed by atoms with Crippen molar-refractivity contribution in [2.45, 2.75) is 61.9 Å². The summed E-state index contributed by atoms with van der Waals surface area (Å²) in [6.45, 7) is 1.95. The molecule has 1 aliphatic carbocycles. The van der Waals surface area contributed by atoms with Crippen LogP contribution in [0.1, 0.15) is 45.4 Å². The predicted molar refractivity (Wildman–Crippen MR) is 78.2 cm³/mol. The molecule has 1 amide bonds. The molecule has 1 saturated carbocycles. The summed E-state index contributed by atoms with van der Waals surface area (Å²) in [5, 5.41) is 3.99. The van der Waals surface area contributed by atoms with Gasteiger partial charge in [-0.3, -0.25) is 4.79 Å². The molecule has 0 spiro atoms. The van der Waals surface area contributed by atoms with Crippen molar-refractivity contribution in [2.75, 3.05) is 0 Å². The van der Waals surface area contributed by atoms with Crippen molar-refractivity contribution < 1.29 is 4.79 Å². The normalized spacial score (nSPS) is 18.8.